The molecule has 1 atom stereocenters. The average Bonchev–Trinajstić information content (AvgIpc) is 3.35. The molecule has 158 valence electrons. The first-order chi connectivity index (χ1) is 14.4. The lowest BCUT2D eigenvalue weighted by Crippen LogP contribution is -2.35. The number of rotatable bonds is 7. The lowest BCUT2D eigenvalue weighted by Gasteiger charge is -2.26. The van der Waals surface area contributed by atoms with Gasteiger partial charge in [0.05, 0.1) is 18.1 Å². The number of benzene rings is 2. The molecule has 1 aliphatic heterocycles. The van der Waals surface area contributed by atoms with Gasteiger partial charge in [0.15, 0.2) is 9.84 Å². The molecular formula is C22H24FN3O3S. The van der Waals surface area contributed by atoms with E-state index in [2.05, 4.69) is 17.1 Å². The molecule has 2 heterocycles. The average molecular weight is 430 g/mol. The van der Waals surface area contributed by atoms with Gasteiger partial charge in [-0.1, -0.05) is 54.5 Å². The second-order valence-corrected chi connectivity index (χ2v) is 9.84. The van der Waals surface area contributed by atoms with Crippen LogP contribution in [-0.4, -0.2) is 41.0 Å². The Bertz CT molecular complexity index is 1110. The molecule has 4 rings (SSSR count). The smallest absolute Gasteiger partial charge is 0.241 e. The van der Waals surface area contributed by atoms with Crippen molar-refractivity contribution < 1.29 is 17.3 Å². The van der Waals surface area contributed by atoms with Gasteiger partial charge in [0.1, 0.15) is 5.82 Å². The van der Waals surface area contributed by atoms with Crippen molar-refractivity contribution in [1.29, 1.82) is 0 Å². The molecule has 1 unspecified atom stereocenters. The lowest BCUT2D eigenvalue weighted by atomic mass is 10.1. The zero-order valence-corrected chi connectivity index (χ0v) is 17.6. The first-order valence-electron chi connectivity index (χ1n) is 10.0. The second-order valence-electron chi connectivity index (χ2n) is 7.62. The molecule has 0 bridgehead atoms. The number of aromatic nitrogens is 2. The highest BCUT2D eigenvalue weighted by Crippen LogP contribution is 2.24. The fourth-order valence-corrected chi connectivity index (χ4v) is 5.48. The van der Waals surface area contributed by atoms with Crippen molar-refractivity contribution in [2.24, 2.45) is 0 Å². The highest BCUT2D eigenvalue weighted by atomic mass is 32.2. The fraction of sp³-hybridized carbons (Fsp3) is 0.364. The Morgan fingerprint density at radius 1 is 1.13 bits per heavy atom. The van der Waals surface area contributed by atoms with Crippen LogP contribution in [0, 0.1) is 5.82 Å². The van der Waals surface area contributed by atoms with Crippen molar-refractivity contribution in [2.75, 3.05) is 11.5 Å². The van der Waals surface area contributed by atoms with Crippen molar-refractivity contribution in [2.45, 2.75) is 38.9 Å². The number of hydrogen-bond acceptors (Lipinski definition) is 6. The maximum atomic E-state index is 14.2. The van der Waals surface area contributed by atoms with Crippen molar-refractivity contribution in [3.63, 3.8) is 0 Å². The van der Waals surface area contributed by atoms with Crippen molar-refractivity contribution in [3.05, 3.63) is 71.4 Å². The maximum absolute atomic E-state index is 14.2. The molecule has 0 amide bonds. The summed E-state index contributed by atoms with van der Waals surface area (Å²) in [5.74, 6) is 0.749. The SMILES string of the molecule is CCc1ccc(-c2noc(CN(Cc3ccccc3F)C3CCS(=O)(=O)C3)n2)cc1. The van der Waals surface area contributed by atoms with Gasteiger partial charge < -0.3 is 4.52 Å². The van der Waals surface area contributed by atoms with Gasteiger partial charge in [-0.25, -0.2) is 12.8 Å². The van der Waals surface area contributed by atoms with Crippen LogP contribution in [0.4, 0.5) is 4.39 Å². The minimum absolute atomic E-state index is 0.0565. The minimum atomic E-state index is -3.08. The minimum Gasteiger partial charge on any atom is -0.338 e. The third kappa shape index (κ3) is 4.76. The van der Waals surface area contributed by atoms with E-state index in [0.717, 1.165) is 12.0 Å². The summed E-state index contributed by atoms with van der Waals surface area (Å²) in [4.78, 5) is 6.40. The molecule has 1 aromatic heterocycles. The van der Waals surface area contributed by atoms with Gasteiger partial charge in [-0.15, -0.1) is 0 Å². The normalized spacial score (nSPS) is 18.2. The van der Waals surface area contributed by atoms with E-state index in [0.29, 0.717) is 23.7 Å². The Kier molecular flexibility index (Phi) is 5.97. The highest BCUT2D eigenvalue weighted by molar-refractivity contribution is 7.91. The molecule has 6 nitrogen and oxygen atoms in total. The summed E-state index contributed by atoms with van der Waals surface area (Å²) in [5, 5.41) is 4.07. The fourth-order valence-electron chi connectivity index (χ4n) is 3.72. The Morgan fingerprint density at radius 3 is 2.57 bits per heavy atom. The van der Waals surface area contributed by atoms with Gasteiger partial charge >= 0.3 is 0 Å². The Labute approximate surface area is 175 Å². The summed E-state index contributed by atoms with van der Waals surface area (Å²) in [6, 6.07) is 14.3. The van der Waals surface area contributed by atoms with Gasteiger partial charge in [0, 0.05) is 23.7 Å². The first kappa shape index (κ1) is 20.7. The molecule has 0 aliphatic carbocycles. The molecule has 3 aromatic rings. The molecule has 1 aliphatic rings. The van der Waals surface area contributed by atoms with E-state index in [9.17, 15) is 12.8 Å². The molecule has 0 radical (unpaired) electrons. The molecule has 1 saturated heterocycles. The summed E-state index contributed by atoms with van der Waals surface area (Å²) < 4.78 is 43.7. The summed E-state index contributed by atoms with van der Waals surface area (Å²) >= 11 is 0. The van der Waals surface area contributed by atoms with Gasteiger partial charge in [-0.05, 0) is 24.5 Å². The van der Waals surface area contributed by atoms with Crippen molar-refractivity contribution in [3.8, 4) is 11.4 Å². The number of halogens is 1. The Balaban J connectivity index is 1.55. The van der Waals surface area contributed by atoms with Crippen LogP contribution in [0.2, 0.25) is 0 Å². The van der Waals surface area contributed by atoms with Crippen molar-refractivity contribution in [1.82, 2.24) is 15.0 Å². The quantitative estimate of drug-likeness (QED) is 0.571. The molecule has 0 N–H and O–H groups in total. The third-order valence-electron chi connectivity index (χ3n) is 5.48. The predicted octanol–water partition coefficient (Wildman–Crippen LogP) is 3.63. The molecule has 0 spiro atoms. The van der Waals surface area contributed by atoms with Crippen LogP contribution in [0.15, 0.2) is 53.1 Å². The van der Waals surface area contributed by atoms with Gasteiger partial charge in [0.2, 0.25) is 11.7 Å². The summed E-state index contributed by atoms with van der Waals surface area (Å²) in [5.41, 5.74) is 2.59. The van der Waals surface area contributed by atoms with Crippen LogP contribution in [0.5, 0.6) is 0 Å². The van der Waals surface area contributed by atoms with Gasteiger partial charge in [0.25, 0.3) is 0 Å². The summed E-state index contributed by atoms with van der Waals surface area (Å²) in [6.45, 7) is 2.62. The van der Waals surface area contributed by atoms with Crippen LogP contribution in [0.3, 0.4) is 0 Å². The van der Waals surface area contributed by atoms with E-state index < -0.39 is 9.84 Å². The zero-order chi connectivity index (χ0) is 21.1. The molecule has 1 fully saturated rings. The lowest BCUT2D eigenvalue weighted by molar-refractivity contribution is 0.167. The molecular weight excluding hydrogens is 405 g/mol. The van der Waals surface area contributed by atoms with E-state index in [1.54, 1.807) is 18.2 Å². The topological polar surface area (TPSA) is 76.3 Å². The number of aryl methyl sites for hydroxylation is 1. The summed E-state index contributed by atoms with van der Waals surface area (Å²) in [6.07, 6.45) is 1.46. The summed E-state index contributed by atoms with van der Waals surface area (Å²) in [7, 11) is -3.08. The van der Waals surface area contributed by atoms with Gasteiger partial charge in [-0.2, -0.15) is 4.98 Å². The molecule has 8 heteroatoms. The standard InChI is InChI=1S/C22H24FN3O3S/c1-2-16-7-9-17(10-8-16)22-24-21(29-25-22)14-26(19-11-12-30(27,28)15-19)13-18-5-3-4-6-20(18)23/h3-10,19H,2,11-15H2,1H3. The Morgan fingerprint density at radius 2 is 1.90 bits per heavy atom. The van der Waals surface area contributed by atoms with Gasteiger partial charge in [-0.3, -0.25) is 4.90 Å². The van der Waals surface area contributed by atoms with Crippen LogP contribution in [0.25, 0.3) is 11.4 Å². The first-order valence-corrected chi connectivity index (χ1v) is 11.9. The third-order valence-corrected chi connectivity index (χ3v) is 7.23. The highest BCUT2D eigenvalue weighted by Gasteiger charge is 2.33. The van der Waals surface area contributed by atoms with Crippen LogP contribution < -0.4 is 0 Å². The van der Waals surface area contributed by atoms with Crippen LogP contribution in [-0.2, 0) is 29.3 Å². The molecule has 30 heavy (non-hydrogen) atoms. The van der Waals surface area contributed by atoms with Crippen molar-refractivity contribution >= 4 is 9.84 Å². The Hall–Kier alpha value is -2.58. The molecule has 0 saturated carbocycles. The van der Waals surface area contributed by atoms with E-state index in [1.165, 1.54) is 11.6 Å². The van der Waals surface area contributed by atoms with Crippen LogP contribution in [0.1, 0.15) is 30.4 Å². The largest absolute Gasteiger partial charge is 0.338 e. The van der Waals surface area contributed by atoms with Crippen LogP contribution >= 0.6 is 0 Å². The van der Waals surface area contributed by atoms with E-state index >= 15 is 0 Å². The number of hydrogen-bond donors (Lipinski definition) is 0. The number of nitrogens with zero attached hydrogens (tertiary/aromatic N) is 3. The van der Waals surface area contributed by atoms with E-state index in [4.69, 9.17) is 4.52 Å². The molecule has 2 aromatic carbocycles. The monoisotopic (exact) mass is 429 g/mol. The number of sulfone groups is 1. The van der Waals surface area contributed by atoms with E-state index in [1.807, 2.05) is 29.2 Å². The van der Waals surface area contributed by atoms with E-state index in [-0.39, 0.29) is 36.5 Å². The second kappa shape index (κ2) is 8.65. The predicted molar refractivity (Wildman–Crippen MR) is 112 cm³/mol. The maximum Gasteiger partial charge on any atom is 0.241 e. The zero-order valence-electron chi connectivity index (χ0n) is 16.8.